The van der Waals surface area contributed by atoms with Crippen LogP contribution in [-0.2, 0) is 16.6 Å². The van der Waals surface area contributed by atoms with Gasteiger partial charge in [-0.15, -0.1) is 24.0 Å². The van der Waals surface area contributed by atoms with Gasteiger partial charge in [-0.2, -0.15) is 4.31 Å². The molecule has 1 fully saturated rings. The van der Waals surface area contributed by atoms with E-state index in [1.165, 1.54) is 0 Å². The molecular formula is C17H29IN4O2S. The van der Waals surface area contributed by atoms with Crippen LogP contribution in [-0.4, -0.2) is 38.3 Å². The van der Waals surface area contributed by atoms with Crippen molar-refractivity contribution in [2.24, 2.45) is 16.6 Å². The first kappa shape index (κ1) is 22.2. The van der Waals surface area contributed by atoms with Gasteiger partial charge in [-0.3, -0.25) is 0 Å². The van der Waals surface area contributed by atoms with E-state index >= 15 is 0 Å². The van der Waals surface area contributed by atoms with E-state index in [0.29, 0.717) is 36.4 Å². The van der Waals surface area contributed by atoms with Crippen molar-refractivity contribution in [3.63, 3.8) is 0 Å². The largest absolute Gasteiger partial charge is 0.370 e. The lowest BCUT2D eigenvalue weighted by molar-refractivity contribution is 0.477. The number of hydrogen-bond donors (Lipinski definition) is 2. The molecule has 1 saturated heterocycles. The fraction of sp³-hybridized carbons (Fsp3) is 0.588. The van der Waals surface area contributed by atoms with Gasteiger partial charge in [0.25, 0.3) is 0 Å². The summed E-state index contributed by atoms with van der Waals surface area (Å²) in [6, 6.07) is 6.91. The summed E-state index contributed by atoms with van der Waals surface area (Å²) in [6.07, 6.45) is 2.92. The van der Waals surface area contributed by atoms with Crippen LogP contribution in [0.2, 0.25) is 0 Å². The topological polar surface area (TPSA) is 87.8 Å². The number of hydrogen-bond acceptors (Lipinski definition) is 3. The molecule has 0 bridgehead atoms. The summed E-state index contributed by atoms with van der Waals surface area (Å²) in [5, 5.41) is 3.08. The zero-order valence-corrected chi connectivity index (χ0v) is 18.1. The van der Waals surface area contributed by atoms with Gasteiger partial charge < -0.3 is 11.1 Å². The highest BCUT2D eigenvalue weighted by atomic mass is 127. The Kier molecular flexibility index (Phi) is 9.15. The van der Waals surface area contributed by atoms with Crippen LogP contribution < -0.4 is 11.1 Å². The van der Waals surface area contributed by atoms with Crippen molar-refractivity contribution in [1.29, 1.82) is 0 Å². The summed E-state index contributed by atoms with van der Waals surface area (Å²) in [5.74, 6) is 1.04. The van der Waals surface area contributed by atoms with E-state index in [1.807, 2.05) is 0 Å². The van der Waals surface area contributed by atoms with E-state index in [9.17, 15) is 8.42 Å². The fourth-order valence-corrected chi connectivity index (χ4v) is 4.08. The highest BCUT2D eigenvalue weighted by Crippen LogP contribution is 2.21. The molecule has 6 nitrogen and oxygen atoms in total. The zero-order valence-electron chi connectivity index (χ0n) is 14.9. The normalized spacial score (nSPS) is 16.0. The van der Waals surface area contributed by atoms with Crippen LogP contribution in [0, 0.1) is 5.92 Å². The quantitative estimate of drug-likeness (QED) is 0.357. The SMILES string of the molecule is CC(C)CCNC(N)=NCc1ccc(S(=O)(=O)N2CCCC2)cc1.I. The van der Waals surface area contributed by atoms with Gasteiger partial charge in [-0.05, 0) is 42.9 Å². The molecule has 3 N–H and O–H groups in total. The summed E-state index contributed by atoms with van der Waals surface area (Å²) < 4.78 is 26.5. The number of aliphatic imine (C=N–C) groups is 1. The van der Waals surface area contributed by atoms with Crippen molar-refractivity contribution in [2.75, 3.05) is 19.6 Å². The Bertz CT molecular complexity index is 654. The molecule has 25 heavy (non-hydrogen) atoms. The van der Waals surface area contributed by atoms with Gasteiger partial charge >= 0.3 is 0 Å². The summed E-state index contributed by atoms with van der Waals surface area (Å²) in [4.78, 5) is 4.63. The van der Waals surface area contributed by atoms with Crippen LogP contribution in [0.4, 0.5) is 0 Å². The molecule has 0 amide bonds. The Morgan fingerprint density at radius 2 is 1.84 bits per heavy atom. The molecule has 1 aliphatic heterocycles. The van der Waals surface area contributed by atoms with Crippen molar-refractivity contribution in [1.82, 2.24) is 9.62 Å². The van der Waals surface area contributed by atoms with Crippen LogP contribution in [0.5, 0.6) is 0 Å². The van der Waals surface area contributed by atoms with Gasteiger partial charge in [0.1, 0.15) is 0 Å². The van der Waals surface area contributed by atoms with Crippen LogP contribution in [0.3, 0.4) is 0 Å². The Balaban J connectivity index is 0.00000312. The summed E-state index contributed by atoms with van der Waals surface area (Å²) in [7, 11) is -3.35. The molecule has 142 valence electrons. The van der Waals surface area contributed by atoms with Gasteiger partial charge in [0.15, 0.2) is 5.96 Å². The predicted molar refractivity (Wildman–Crippen MR) is 113 cm³/mol. The number of halogens is 1. The minimum absolute atomic E-state index is 0. The number of nitrogens with zero attached hydrogens (tertiary/aromatic N) is 2. The van der Waals surface area contributed by atoms with Gasteiger partial charge in [0.2, 0.25) is 10.0 Å². The maximum absolute atomic E-state index is 12.5. The maximum atomic E-state index is 12.5. The Labute approximate surface area is 168 Å². The number of nitrogens with two attached hydrogens (primary N) is 1. The lowest BCUT2D eigenvalue weighted by atomic mass is 10.1. The second-order valence-electron chi connectivity index (χ2n) is 6.57. The second kappa shape index (κ2) is 10.3. The summed E-state index contributed by atoms with van der Waals surface area (Å²) in [5.41, 5.74) is 6.76. The third-order valence-corrected chi connectivity index (χ3v) is 6.00. The monoisotopic (exact) mass is 480 g/mol. The van der Waals surface area contributed by atoms with Gasteiger partial charge in [-0.1, -0.05) is 26.0 Å². The number of rotatable bonds is 7. The van der Waals surface area contributed by atoms with E-state index in [-0.39, 0.29) is 24.0 Å². The Hall–Kier alpha value is -0.870. The molecule has 1 heterocycles. The van der Waals surface area contributed by atoms with Crippen molar-refractivity contribution in [2.45, 2.75) is 44.6 Å². The third kappa shape index (κ3) is 6.74. The van der Waals surface area contributed by atoms with Crippen molar-refractivity contribution in [3.8, 4) is 0 Å². The number of sulfonamides is 1. The number of benzene rings is 1. The van der Waals surface area contributed by atoms with Crippen molar-refractivity contribution < 1.29 is 8.42 Å². The lowest BCUT2D eigenvalue weighted by Gasteiger charge is -2.15. The van der Waals surface area contributed by atoms with Crippen LogP contribution in [0.15, 0.2) is 34.2 Å². The van der Waals surface area contributed by atoms with E-state index in [0.717, 1.165) is 31.4 Å². The minimum atomic E-state index is -3.35. The van der Waals surface area contributed by atoms with Crippen molar-refractivity contribution >= 4 is 40.0 Å². The molecule has 0 atom stereocenters. The molecule has 0 aliphatic carbocycles. The average molecular weight is 480 g/mol. The Morgan fingerprint density at radius 3 is 2.40 bits per heavy atom. The van der Waals surface area contributed by atoms with Crippen LogP contribution in [0.1, 0.15) is 38.7 Å². The molecule has 0 spiro atoms. The highest BCUT2D eigenvalue weighted by Gasteiger charge is 2.26. The molecule has 0 aromatic heterocycles. The molecule has 2 rings (SSSR count). The molecule has 1 aromatic rings. The van der Waals surface area contributed by atoms with E-state index < -0.39 is 10.0 Å². The fourth-order valence-electron chi connectivity index (χ4n) is 2.57. The van der Waals surface area contributed by atoms with Gasteiger partial charge in [0.05, 0.1) is 11.4 Å². The maximum Gasteiger partial charge on any atom is 0.243 e. The summed E-state index contributed by atoms with van der Waals surface area (Å²) >= 11 is 0. The van der Waals surface area contributed by atoms with E-state index in [4.69, 9.17) is 5.73 Å². The van der Waals surface area contributed by atoms with Crippen LogP contribution in [0.25, 0.3) is 0 Å². The second-order valence-corrected chi connectivity index (χ2v) is 8.50. The molecule has 8 heteroatoms. The van der Waals surface area contributed by atoms with E-state index in [1.54, 1.807) is 28.6 Å². The lowest BCUT2D eigenvalue weighted by Crippen LogP contribution is -2.32. The highest BCUT2D eigenvalue weighted by molar-refractivity contribution is 14.0. The number of guanidine groups is 1. The summed E-state index contributed by atoms with van der Waals surface area (Å²) in [6.45, 7) is 6.80. The first-order valence-electron chi connectivity index (χ1n) is 8.52. The van der Waals surface area contributed by atoms with E-state index in [2.05, 4.69) is 24.2 Å². The smallest absolute Gasteiger partial charge is 0.243 e. The molecule has 1 aliphatic rings. The molecule has 0 radical (unpaired) electrons. The zero-order chi connectivity index (χ0) is 17.6. The standard InChI is InChI=1S/C17H28N4O2S.HI/c1-14(2)9-10-19-17(18)20-13-15-5-7-16(8-6-15)24(22,23)21-11-3-4-12-21;/h5-8,14H,3-4,9-13H2,1-2H3,(H3,18,19,20);1H. The molecule has 0 unspecified atom stereocenters. The molecule has 0 saturated carbocycles. The first-order valence-corrected chi connectivity index (χ1v) is 9.96. The Morgan fingerprint density at radius 1 is 1.24 bits per heavy atom. The average Bonchev–Trinajstić information content (AvgIpc) is 3.08. The number of nitrogens with one attached hydrogen (secondary N) is 1. The first-order chi connectivity index (χ1) is 11.4. The van der Waals surface area contributed by atoms with Crippen molar-refractivity contribution in [3.05, 3.63) is 29.8 Å². The predicted octanol–water partition coefficient (Wildman–Crippen LogP) is 2.54. The van der Waals surface area contributed by atoms with Gasteiger partial charge in [0, 0.05) is 19.6 Å². The van der Waals surface area contributed by atoms with Gasteiger partial charge in [-0.25, -0.2) is 13.4 Å². The van der Waals surface area contributed by atoms with Crippen LogP contribution >= 0.6 is 24.0 Å². The molecular weight excluding hydrogens is 451 g/mol. The molecule has 1 aromatic carbocycles. The third-order valence-electron chi connectivity index (χ3n) is 4.09. The minimum Gasteiger partial charge on any atom is -0.370 e.